The summed E-state index contributed by atoms with van der Waals surface area (Å²) in [5, 5.41) is 0.707. The van der Waals surface area contributed by atoms with Crippen molar-refractivity contribution < 1.29 is 8.42 Å². The second-order valence-corrected chi connectivity index (χ2v) is 6.48. The monoisotopic (exact) mass is 358 g/mol. The first-order chi connectivity index (χ1) is 9.06. The number of hydrogen-bond donors (Lipinski definition) is 1. The topological polar surface area (TPSA) is 34.1 Å². The van der Waals surface area contributed by atoms with Crippen molar-refractivity contribution >= 4 is 38.2 Å². The third-order valence-electron chi connectivity index (χ3n) is 2.75. The van der Waals surface area contributed by atoms with Crippen LogP contribution >= 0.6 is 27.5 Å². The second-order valence-electron chi connectivity index (χ2n) is 4.15. The SMILES string of the molecule is O=[SH](=O)Cc1ccc(C(Br)c2ccc(Cl)cc2)cc1. The van der Waals surface area contributed by atoms with E-state index in [1.54, 1.807) is 0 Å². The summed E-state index contributed by atoms with van der Waals surface area (Å²) >= 11 is 9.49. The molecule has 0 spiro atoms. The van der Waals surface area contributed by atoms with E-state index in [0.29, 0.717) is 5.02 Å². The molecule has 0 bridgehead atoms. The average Bonchev–Trinajstić information content (AvgIpc) is 2.39. The third-order valence-corrected chi connectivity index (χ3v) is 4.68. The van der Waals surface area contributed by atoms with Crippen molar-refractivity contribution in [2.45, 2.75) is 10.6 Å². The van der Waals surface area contributed by atoms with Gasteiger partial charge in [-0.1, -0.05) is 63.9 Å². The van der Waals surface area contributed by atoms with Crippen LogP contribution < -0.4 is 0 Å². The van der Waals surface area contributed by atoms with Crippen LogP contribution in [0.25, 0.3) is 0 Å². The summed E-state index contributed by atoms with van der Waals surface area (Å²) in [4.78, 5) is 0.0693. The highest BCUT2D eigenvalue weighted by atomic mass is 79.9. The molecule has 0 radical (unpaired) electrons. The lowest BCUT2D eigenvalue weighted by molar-refractivity contribution is 0.614. The van der Waals surface area contributed by atoms with Crippen molar-refractivity contribution in [3.63, 3.8) is 0 Å². The first-order valence-electron chi connectivity index (χ1n) is 5.66. The maximum atomic E-state index is 10.7. The van der Waals surface area contributed by atoms with Crippen LogP contribution in [-0.2, 0) is 16.5 Å². The maximum Gasteiger partial charge on any atom is 0.144 e. The molecule has 2 nitrogen and oxygen atoms in total. The average molecular weight is 360 g/mol. The summed E-state index contributed by atoms with van der Waals surface area (Å²) in [7, 11) is -2.38. The summed E-state index contributed by atoms with van der Waals surface area (Å²) in [6.45, 7) is 0. The van der Waals surface area contributed by atoms with Crippen LogP contribution in [0.1, 0.15) is 21.5 Å². The summed E-state index contributed by atoms with van der Waals surface area (Å²) in [6.07, 6.45) is 0. The standard InChI is InChI=1S/C14H12BrClO2S/c15-14(12-5-7-13(16)8-6-12)11-3-1-10(2-4-11)9-19(17)18/h1-8,14,19H,9H2. The van der Waals surface area contributed by atoms with Crippen molar-refractivity contribution in [2.24, 2.45) is 0 Å². The van der Waals surface area contributed by atoms with Crippen molar-refractivity contribution in [3.05, 3.63) is 70.2 Å². The van der Waals surface area contributed by atoms with Crippen molar-refractivity contribution in [2.75, 3.05) is 0 Å². The number of hydrogen-bond acceptors (Lipinski definition) is 2. The fourth-order valence-corrected chi connectivity index (χ4v) is 3.01. The molecule has 2 aromatic carbocycles. The van der Waals surface area contributed by atoms with Gasteiger partial charge in [0.15, 0.2) is 0 Å². The van der Waals surface area contributed by atoms with Gasteiger partial charge in [-0.05, 0) is 28.8 Å². The van der Waals surface area contributed by atoms with Crippen molar-refractivity contribution in [1.82, 2.24) is 0 Å². The molecule has 0 aliphatic rings. The molecule has 0 N–H and O–H groups in total. The Balaban J connectivity index is 2.19. The molecule has 0 saturated heterocycles. The molecular formula is C14H12BrClO2S. The van der Waals surface area contributed by atoms with E-state index in [9.17, 15) is 8.42 Å². The Hall–Kier alpha value is -0.840. The molecule has 5 heteroatoms. The molecule has 100 valence electrons. The van der Waals surface area contributed by atoms with Gasteiger partial charge in [-0.25, -0.2) is 8.42 Å². The van der Waals surface area contributed by atoms with Crippen LogP contribution in [-0.4, -0.2) is 8.42 Å². The Morgan fingerprint density at radius 1 is 0.947 bits per heavy atom. The first-order valence-corrected chi connectivity index (χ1v) is 8.32. The van der Waals surface area contributed by atoms with Gasteiger partial charge in [-0.2, -0.15) is 0 Å². The fourth-order valence-electron chi connectivity index (χ4n) is 1.77. The Labute approximate surface area is 127 Å². The lowest BCUT2D eigenvalue weighted by atomic mass is 10.0. The molecular weight excluding hydrogens is 348 g/mol. The minimum absolute atomic E-state index is 0.0693. The van der Waals surface area contributed by atoms with E-state index < -0.39 is 10.7 Å². The minimum Gasteiger partial charge on any atom is -0.232 e. The molecule has 0 aromatic heterocycles. The van der Waals surface area contributed by atoms with Gasteiger partial charge < -0.3 is 0 Å². The van der Waals surface area contributed by atoms with Crippen LogP contribution in [0.5, 0.6) is 0 Å². The van der Waals surface area contributed by atoms with Gasteiger partial charge in [-0.15, -0.1) is 0 Å². The van der Waals surface area contributed by atoms with Gasteiger partial charge in [-0.3, -0.25) is 0 Å². The normalized spacial score (nSPS) is 12.6. The zero-order valence-electron chi connectivity index (χ0n) is 9.92. The number of rotatable bonds is 4. The summed E-state index contributed by atoms with van der Waals surface area (Å²) < 4.78 is 21.3. The predicted molar refractivity (Wildman–Crippen MR) is 82.7 cm³/mol. The molecule has 1 unspecified atom stereocenters. The largest absolute Gasteiger partial charge is 0.232 e. The van der Waals surface area contributed by atoms with Gasteiger partial charge in [0.2, 0.25) is 0 Å². The van der Waals surface area contributed by atoms with E-state index in [2.05, 4.69) is 15.9 Å². The van der Waals surface area contributed by atoms with Gasteiger partial charge in [0.25, 0.3) is 0 Å². The Bertz CT molecular complexity index is 613. The summed E-state index contributed by atoms with van der Waals surface area (Å²) in [5.41, 5.74) is 2.98. The number of halogens is 2. The fraction of sp³-hybridized carbons (Fsp3) is 0.143. The van der Waals surface area contributed by atoms with E-state index in [4.69, 9.17) is 11.6 Å². The molecule has 0 aliphatic carbocycles. The summed E-state index contributed by atoms with van der Waals surface area (Å²) in [6, 6.07) is 15.2. The molecule has 0 fully saturated rings. The van der Waals surface area contributed by atoms with E-state index in [1.165, 1.54) is 0 Å². The smallest absolute Gasteiger partial charge is 0.144 e. The number of alkyl halides is 1. The van der Waals surface area contributed by atoms with Crippen molar-refractivity contribution in [1.29, 1.82) is 0 Å². The van der Waals surface area contributed by atoms with Gasteiger partial charge in [0, 0.05) is 5.02 Å². The second kappa shape index (κ2) is 6.55. The minimum atomic E-state index is -2.38. The highest BCUT2D eigenvalue weighted by Gasteiger charge is 2.10. The lowest BCUT2D eigenvalue weighted by Crippen LogP contribution is -1.94. The molecule has 2 rings (SSSR count). The molecule has 0 heterocycles. The Morgan fingerprint density at radius 3 is 1.89 bits per heavy atom. The number of benzene rings is 2. The van der Waals surface area contributed by atoms with Crippen molar-refractivity contribution in [3.8, 4) is 0 Å². The van der Waals surface area contributed by atoms with E-state index in [0.717, 1.165) is 16.7 Å². The van der Waals surface area contributed by atoms with Gasteiger partial charge >= 0.3 is 0 Å². The van der Waals surface area contributed by atoms with Gasteiger partial charge in [0.1, 0.15) is 10.7 Å². The molecule has 0 amide bonds. The Kier molecular flexibility index (Phi) is 5.02. The van der Waals surface area contributed by atoms with Gasteiger partial charge in [0.05, 0.1) is 10.6 Å². The van der Waals surface area contributed by atoms with Crippen LogP contribution in [0.4, 0.5) is 0 Å². The zero-order chi connectivity index (χ0) is 13.8. The van der Waals surface area contributed by atoms with E-state index in [-0.39, 0.29) is 10.6 Å². The quantitative estimate of drug-likeness (QED) is 0.663. The van der Waals surface area contributed by atoms with E-state index in [1.807, 2.05) is 48.5 Å². The molecule has 1 atom stereocenters. The predicted octanol–water partition coefficient (Wildman–Crippen LogP) is 3.94. The Morgan fingerprint density at radius 2 is 1.42 bits per heavy atom. The highest BCUT2D eigenvalue weighted by Crippen LogP contribution is 2.31. The molecule has 0 aliphatic heterocycles. The van der Waals surface area contributed by atoms with Crippen LogP contribution in [0.2, 0.25) is 5.02 Å². The highest BCUT2D eigenvalue weighted by molar-refractivity contribution is 9.09. The third kappa shape index (κ3) is 4.06. The van der Waals surface area contributed by atoms with E-state index >= 15 is 0 Å². The lowest BCUT2D eigenvalue weighted by Gasteiger charge is -2.11. The molecule has 19 heavy (non-hydrogen) atoms. The maximum absolute atomic E-state index is 10.7. The zero-order valence-corrected chi connectivity index (χ0v) is 13.2. The number of thiol groups is 1. The van der Waals surface area contributed by atoms with Crippen LogP contribution in [0, 0.1) is 0 Å². The van der Waals surface area contributed by atoms with Crippen LogP contribution in [0.15, 0.2) is 48.5 Å². The molecule has 2 aromatic rings. The molecule has 0 saturated carbocycles. The summed E-state index contributed by atoms with van der Waals surface area (Å²) in [5.74, 6) is 0.0868. The first kappa shape index (κ1) is 14.6. The van der Waals surface area contributed by atoms with Crippen LogP contribution in [0.3, 0.4) is 0 Å².